The van der Waals surface area contributed by atoms with Gasteiger partial charge in [0.15, 0.2) is 17.6 Å². The van der Waals surface area contributed by atoms with Crippen molar-refractivity contribution in [3.8, 4) is 11.5 Å². The zero-order valence-electron chi connectivity index (χ0n) is 9.93. The third kappa shape index (κ3) is 2.19. The molecule has 1 aromatic rings. The van der Waals surface area contributed by atoms with E-state index >= 15 is 0 Å². The Bertz CT molecular complexity index is 429. The summed E-state index contributed by atoms with van der Waals surface area (Å²) in [5.41, 5.74) is 0.873. The van der Waals surface area contributed by atoms with Gasteiger partial charge in [0, 0.05) is 0 Å². The first kappa shape index (κ1) is 11.7. The lowest BCUT2D eigenvalue weighted by Gasteiger charge is -2.08. The van der Waals surface area contributed by atoms with Crippen LogP contribution in [0.1, 0.15) is 11.7 Å². The second-order valence-electron chi connectivity index (χ2n) is 3.61. The van der Waals surface area contributed by atoms with Crippen molar-refractivity contribution < 1.29 is 23.7 Å². The van der Waals surface area contributed by atoms with Crippen molar-refractivity contribution in [3.05, 3.63) is 23.8 Å². The van der Waals surface area contributed by atoms with Crippen LogP contribution in [0.25, 0.3) is 0 Å². The third-order valence-electron chi connectivity index (χ3n) is 2.66. The second-order valence-corrected chi connectivity index (χ2v) is 3.61. The van der Waals surface area contributed by atoms with Crippen LogP contribution in [0.2, 0.25) is 0 Å². The predicted molar refractivity (Wildman–Crippen MR) is 59.2 cm³/mol. The summed E-state index contributed by atoms with van der Waals surface area (Å²) < 4.78 is 20.2. The maximum atomic E-state index is 11.2. The van der Waals surface area contributed by atoms with Gasteiger partial charge in [0.1, 0.15) is 6.10 Å². The summed E-state index contributed by atoms with van der Waals surface area (Å²) in [6.45, 7) is 0. The van der Waals surface area contributed by atoms with E-state index in [0.717, 1.165) is 5.56 Å². The minimum atomic E-state index is -0.502. The summed E-state index contributed by atoms with van der Waals surface area (Å²) >= 11 is 0. The first-order valence-corrected chi connectivity index (χ1v) is 5.16. The highest BCUT2D eigenvalue weighted by atomic mass is 16.6. The molecule has 1 heterocycles. The fraction of sp³-hybridized carbons (Fsp3) is 0.417. The Balaban J connectivity index is 2.16. The number of hydrogen-bond acceptors (Lipinski definition) is 5. The van der Waals surface area contributed by atoms with E-state index in [2.05, 4.69) is 4.74 Å². The monoisotopic (exact) mass is 238 g/mol. The summed E-state index contributed by atoms with van der Waals surface area (Å²) in [5, 5.41) is 0. The van der Waals surface area contributed by atoms with Crippen molar-refractivity contribution in [1.29, 1.82) is 0 Å². The quantitative estimate of drug-likeness (QED) is 0.585. The van der Waals surface area contributed by atoms with E-state index in [0.29, 0.717) is 11.5 Å². The lowest BCUT2D eigenvalue weighted by atomic mass is 10.1. The van der Waals surface area contributed by atoms with Crippen molar-refractivity contribution >= 4 is 5.97 Å². The number of carbonyl (C=O) groups is 1. The van der Waals surface area contributed by atoms with Gasteiger partial charge >= 0.3 is 5.97 Å². The maximum Gasteiger partial charge on any atom is 0.338 e. The predicted octanol–water partition coefficient (Wildman–Crippen LogP) is 1.32. The number of methoxy groups -OCH3 is 3. The van der Waals surface area contributed by atoms with Gasteiger partial charge < -0.3 is 18.9 Å². The van der Waals surface area contributed by atoms with E-state index in [4.69, 9.17) is 14.2 Å². The van der Waals surface area contributed by atoms with Gasteiger partial charge in [-0.05, 0) is 17.7 Å². The van der Waals surface area contributed by atoms with Gasteiger partial charge in [-0.15, -0.1) is 0 Å². The van der Waals surface area contributed by atoms with Gasteiger partial charge in [-0.25, -0.2) is 4.79 Å². The zero-order valence-corrected chi connectivity index (χ0v) is 9.93. The Labute approximate surface area is 99.2 Å². The van der Waals surface area contributed by atoms with E-state index < -0.39 is 6.10 Å². The van der Waals surface area contributed by atoms with Crippen molar-refractivity contribution in [2.75, 3.05) is 21.3 Å². The molecular formula is C12H14O5. The number of carbonyl (C=O) groups excluding carboxylic acids is 1. The van der Waals surface area contributed by atoms with Crippen molar-refractivity contribution in [3.63, 3.8) is 0 Å². The van der Waals surface area contributed by atoms with E-state index in [1.165, 1.54) is 7.11 Å². The topological polar surface area (TPSA) is 57.3 Å². The highest BCUT2D eigenvalue weighted by Gasteiger charge is 2.47. The molecule has 1 saturated heterocycles. The average Bonchev–Trinajstić information content (AvgIpc) is 3.17. The molecule has 0 N–H and O–H groups in total. The lowest BCUT2D eigenvalue weighted by molar-refractivity contribution is -0.142. The lowest BCUT2D eigenvalue weighted by Crippen LogP contribution is -2.09. The molecule has 1 aliphatic rings. The molecule has 5 nitrogen and oxygen atoms in total. The molecule has 0 radical (unpaired) electrons. The SMILES string of the molecule is COC(=O)C1OC1c1ccc(OC)c(OC)c1. The summed E-state index contributed by atoms with van der Waals surface area (Å²) in [7, 11) is 4.48. The third-order valence-corrected chi connectivity index (χ3v) is 2.66. The summed E-state index contributed by atoms with van der Waals surface area (Å²) in [4.78, 5) is 11.2. The van der Waals surface area contributed by atoms with E-state index in [1.807, 2.05) is 6.07 Å². The van der Waals surface area contributed by atoms with Crippen LogP contribution in [-0.4, -0.2) is 33.4 Å². The van der Waals surface area contributed by atoms with Crippen LogP contribution < -0.4 is 9.47 Å². The van der Waals surface area contributed by atoms with E-state index in [9.17, 15) is 4.79 Å². The number of ether oxygens (including phenoxy) is 4. The minimum Gasteiger partial charge on any atom is -0.493 e. The smallest absolute Gasteiger partial charge is 0.338 e. The van der Waals surface area contributed by atoms with Crippen LogP contribution in [0.15, 0.2) is 18.2 Å². The molecular weight excluding hydrogens is 224 g/mol. The molecule has 2 atom stereocenters. The molecule has 0 bridgehead atoms. The summed E-state index contributed by atoms with van der Waals surface area (Å²) in [5.74, 6) is 0.903. The average molecular weight is 238 g/mol. The Morgan fingerprint density at radius 2 is 1.88 bits per heavy atom. The van der Waals surface area contributed by atoms with Crippen LogP contribution in [0.3, 0.4) is 0 Å². The van der Waals surface area contributed by atoms with E-state index in [-0.39, 0.29) is 12.1 Å². The molecule has 0 spiro atoms. The fourth-order valence-corrected chi connectivity index (χ4v) is 1.69. The largest absolute Gasteiger partial charge is 0.493 e. The first-order chi connectivity index (χ1) is 8.21. The molecule has 0 saturated carbocycles. The Morgan fingerprint density at radius 1 is 1.18 bits per heavy atom. The molecule has 2 rings (SSSR count). The van der Waals surface area contributed by atoms with Crippen molar-refractivity contribution in [1.82, 2.24) is 0 Å². The van der Waals surface area contributed by atoms with Crippen LogP contribution >= 0.6 is 0 Å². The minimum absolute atomic E-state index is 0.248. The maximum absolute atomic E-state index is 11.2. The van der Waals surface area contributed by atoms with Gasteiger partial charge in [0.25, 0.3) is 0 Å². The normalized spacial score (nSPS) is 21.8. The molecule has 0 aliphatic carbocycles. The summed E-state index contributed by atoms with van der Waals surface area (Å²) in [6.07, 6.45) is -0.750. The van der Waals surface area contributed by atoms with Crippen molar-refractivity contribution in [2.45, 2.75) is 12.2 Å². The fourth-order valence-electron chi connectivity index (χ4n) is 1.69. The highest BCUT2D eigenvalue weighted by molar-refractivity contribution is 5.78. The van der Waals surface area contributed by atoms with Crippen molar-refractivity contribution in [2.24, 2.45) is 0 Å². The molecule has 0 aromatic heterocycles. The Hall–Kier alpha value is -1.75. The molecule has 1 aliphatic heterocycles. The van der Waals surface area contributed by atoms with Crippen LogP contribution in [0.4, 0.5) is 0 Å². The number of rotatable bonds is 4. The highest BCUT2D eigenvalue weighted by Crippen LogP contribution is 2.42. The number of epoxide rings is 1. The van der Waals surface area contributed by atoms with Gasteiger partial charge in [-0.2, -0.15) is 0 Å². The number of benzene rings is 1. The Morgan fingerprint density at radius 3 is 2.47 bits per heavy atom. The van der Waals surface area contributed by atoms with Gasteiger partial charge in [-0.1, -0.05) is 6.07 Å². The number of esters is 1. The van der Waals surface area contributed by atoms with E-state index in [1.54, 1.807) is 26.4 Å². The number of hydrogen-bond donors (Lipinski definition) is 0. The van der Waals surface area contributed by atoms with Gasteiger partial charge in [-0.3, -0.25) is 0 Å². The Kier molecular flexibility index (Phi) is 3.19. The molecule has 1 aromatic carbocycles. The summed E-state index contributed by atoms with van der Waals surface area (Å²) in [6, 6.07) is 5.42. The molecule has 1 fully saturated rings. The molecule has 0 amide bonds. The molecule has 5 heteroatoms. The van der Waals surface area contributed by atoms with Gasteiger partial charge in [0.2, 0.25) is 0 Å². The zero-order chi connectivity index (χ0) is 12.4. The standard InChI is InChI=1S/C12H14O5/c1-14-8-5-4-7(6-9(8)15-2)10-11(17-10)12(13)16-3/h4-6,10-11H,1-3H3. The second kappa shape index (κ2) is 4.63. The van der Waals surface area contributed by atoms with Crippen LogP contribution in [-0.2, 0) is 14.3 Å². The van der Waals surface area contributed by atoms with Crippen LogP contribution in [0, 0.1) is 0 Å². The molecule has 2 unspecified atom stereocenters. The van der Waals surface area contributed by atoms with Gasteiger partial charge in [0.05, 0.1) is 21.3 Å². The molecule has 17 heavy (non-hydrogen) atoms. The first-order valence-electron chi connectivity index (χ1n) is 5.16. The van der Waals surface area contributed by atoms with Crippen LogP contribution in [0.5, 0.6) is 11.5 Å². The molecule has 92 valence electrons.